The molecule has 0 fully saturated rings. The van der Waals surface area contributed by atoms with Crippen molar-refractivity contribution in [1.29, 1.82) is 0 Å². The Labute approximate surface area is 131 Å². The Morgan fingerprint density at radius 1 is 1.18 bits per heavy atom. The molecule has 0 aliphatic carbocycles. The predicted molar refractivity (Wildman–Crippen MR) is 92.1 cm³/mol. The van der Waals surface area contributed by atoms with E-state index in [0.29, 0.717) is 17.9 Å². The van der Waals surface area contributed by atoms with Crippen LogP contribution in [0.15, 0.2) is 52.8 Å². The summed E-state index contributed by atoms with van der Waals surface area (Å²) >= 11 is 0. The number of rotatable bonds is 5. The molecule has 0 atom stereocenters. The van der Waals surface area contributed by atoms with Crippen LogP contribution in [0, 0.1) is 0 Å². The Hall–Kier alpha value is -2.55. The summed E-state index contributed by atoms with van der Waals surface area (Å²) in [5.74, 6) is 0.526. The summed E-state index contributed by atoms with van der Waals surface area (Å²) < 4.78 is 5.33. The molecule has 1 N–H and O–H groups in total. The summed E-state index contributed by atoms with van der Waals surface area (Å²) in [6.07, 6.45) is 6.43. The van der Waals surface area contributed by atoms with Crippen LogP contribution in [0.4, 0.5) is 0 Å². The van der Waals surface area contributed by atoms with Gasteiger partial charge in [0.05, 0.1) is 12.7 Å². The number of aromatic amines is 1. The van der Waals surface area contributed by atoms with E-state index in [1.807, 2.05) is 62.4 Å². The highest BCUT2D eigenvalue weighted by molar-refractivity contribution is 5.68. The highest BCUT2D eigenvalue weighted by atomic mass is 16.5. The Morgan fingerprint density at radius 2 is 1.91 bits per heavy atom. The molecule has 0 aliphatic rings. The van der Waals surface area contributed by atoms with Gasteiger partial charge in [-0.1, -0.05) is 48.1 Å². The zero-order valence-corrected chi connectivity index (χ0v) is 13.2. The average molecular weight is 295 g/mol. The molecule has 1 aromatic carbocycles. The molecule has 1 aromatic heterocycles. The van der Waals surface area contributed by atoms with Crippen molar-refractivity contribution in [3.8, 4) is 5.88 Å². The number of allylic oxidation sites excluding steroid dienone is 2. The Bertz CT molecular complexity index is 736. The van der Waals surface area contributed by atoms with Crippen LogP contribution in [-0.2, 0) is 6.42 Å². The highest BCUT2D eigenvalue weighted by Gasteiger charge is 2.08. The van der Waals surface area contributed by atoms with E-state index in [1.165, 1.54) is 5.57 Å². The second-order valence-electron chi connectivity index (χ2n) is 5.33. The van der Waals surface area contributed by atoms with E-state index in [1.54, 1.807) is 13.2 Å². The maximum Gasteiger partial charge on any atom is 0.198 e. The minimum Gasteiger partial charge on any atom is -0.482 e. The first-order chi connectivity index (χ1) is 10.6. The summed E-state index contributed by atoms with van der Waals surface area (Å²) in [5, 5.41) is 0. The molecule has 0 unspecified atom stereocenters. The van der Waals surface area contributed by atoms with Crippen LogP contribution in [0.3, 0.4) is 0 Å². The summed E-state index contributed by atoms with van der Waals surface area (Å²) in [6, 6.07) is 11.6. The topological polar surface area (TPSA) is 42.1 Å². The Kier molecular flexibility index (Phi) is 5.37. The van der Waals surface area contributed by atoms with Gasteiger partial charge in [0.15, 0.2) is 11.3 Å². The van der Waals surface area contributed by atoms with E-state index in [2.05, 4.69) is 4.98 Å². The first-order valence-electron chi connectivity index (χ1n) is 7.27. The first-order valence-corrected chi connectivity index (χ1v) is 7.27. The van der Waals surface area contributed by atoms with Crippen molar-refractivity contribution in [2.45, 2.75) is 20.3 Å². The fourth-order valence-corrected chi connectivity index (χ4v) is 2.10. The van der Waals surface area contributed by atoms with Crippen molar-refractivity contribution < 1.29 is 4.74 Å². The number of methoxy groups -OCH3 is 1. The minimum absolute atomic E-state index is 0.0131. The molecule has 2 aromatic rings. The average Bonchev–Trinajstić information content (AvgIpc) is 2.52. The normalized spacial score (nSPS) is 10.7. The summed E-state index contributed by atoms with van der Waals surface area (Å²) in [5.41, 5.74) is 3.62. The molecule has 0 saturated heterocycles. The maximum atomic E-state index is 12.3. The molecule has 3 heteroatoms. The fourth-order valence-electron chi connectivity index (χ4n) is 2.10. The quantitative estimate of drug-likeness (QED) is 0.845. The lowest BCUT2D eigenvalue weighted by Gasteiger charge is -2.07. The van der Waals surface area contributed by atoms with Gasteiger partial charge < -0.3 is 9.72 Å². The first kappa shape index (κ1) is 15.8. The van der Waals surface area contributed by atoms with Crippen molar-refractivity contribution in [2.75, 3.05) is 7.11 Å². The maximum absolute atomic E-state index is 12.3. The molecule has 114 valence electrons. The van der Waals surface area contributed by atoms with E-state index in [0.717, 1.165) is 11.3 Å². The van der Waals surface area contributed by atoms with Gasteiger partial charge in [0.2, 0.25) is 0 Å². The molecule has 0 radical (unpaired) electrons. The van der Waals surface area contributed by atoms with Crippen LogP contribution in [0.1, 0.15) is 30.7 Å². The van der Waals surface area contributed by atoms with E-state index in [4.69, 9.17) is 4.74 Å². The second-order valence-corrected chi connectivity index (χ2v) is 5.33. The zero-order chi connectivity index (χ0) is 15.9. The van der Waals surface area contributed by atoms with Gasteiger partial charge in [-0.15, -0.1) is 0 Å². The van der Waals surface area contributed by atoms with Crippen LogP contribution in [0.5, 0.6) is 5.88 Å². The third-order valence-corrected chi connectivity index (χ3v) is 3.29. The van der Waals surface area contributed by atoms with Crippen molar-refractivity contribution in [2.24, 2.45) is 0 Å². The molecule has 0 saturated carbocycles. The molecular weight excluding hydrogens is 274 g/mol. The van der Waals surface area contributed by atoms with E-state index >= 15 is 0 Å². The number of nitrogens with one attached hydrogen (secondary N) is 1. The Balaban J connectivity index is 2.32. The molecule has 0 bridgehead atoms. The summed E-state index contributed by atoms with van der Waals surface area (Å²) in [6.45, 7) is 4.02. The van der Waals surface area contributed by atoms with Gasteiger partial charge in [-0.25, -0.2) is 0 Å². The third kappa shape index (κ3) is 4.22. The molecule has 2 rings (SSSR count). The monoisotopic (exact) mass is 295 g/mol. The van der Waals surface area contributed by atoms with Gasteiger partial charge in [-0.2, -0.15) is 0 Å². The van der Waals surface area contributed by atoms with Crippen LogP contribution < -0.4 is 10.2 Å². The van der Waals surface area contributed by atoms with Crippen LogP contribution in [0.25, 0.3) is 12.2 Å². The van der Waals surface area contributed by atoms with Crippen molar-refractivity contribution >= 4 is 12.2 Å². The number of aromatic nitrogens is 1. The number of benzene rings is 1. The van der Waals surface area contributed by atoms with Crippen LogP contribution in [0.2, 0.25) is 0 Å². The van der Waals surface area contributed by atoms with Gasteiger partial charge in [0, 0.05) is 11.8 Å². The lowest BCUT2D eigenvalue weighted by atomic mass is 10.1. The number of H-pyrrole nitrogens is 1. The minimum atomic E-state index is -0.0131. The van der Waals surface area contributed by atoms with Crippen molar-refractivity contribution in [3.05, 3.63) is 75.1 Å². The van der Waals surface area contributed by atoms with E-state index < -0.39 is 0 Å². The standard InChI is InChI=1S/C19H21NO2/c1-14(2)9-12-17-18(21)13-16(20-19(17)22-3)11-10-15-7-5-4-6-8-15/h4-11,13H,12H2,1-3H3,(H,20,21)/b11-10+. The highest BCUT2D eigenvalue weighted by Crippen LogP contribution is 2.15. The second kappa shape index (κ2) is 7.46. The molecule has 3 nitrogen and oxygen atoms in total. The SMILES string of the molecule is COc1[nH]c(/C=C/c2ccccc2)cc(=O)c1CC=C(C)C. The lowest BCUT2D eigenvalue weighted by Crippen LogP contribution is -2.12. The summed E-state index contributed by atoms with van der Waals surface area (Å²) in [7, 11) is 1.57. The predicted octanol–water partition coefficient (Wildman–Crippen LogP) is 4.06. The molecule has 0 amide bonds. The van der Waals surface area contributed by atoms with Gasteiger partial charge in [-0.05, 0) is 31.9 Å². The van der Waals surface area contributed by atoms with Gasteiger partial charge in [0.1, 0.15) is 0 Å². The van der Waals surface area contributed by atoms with Crippen LogP contribution in [-0.4, -0.2) is 12.1 Å². The Morgan fingerprint density at radius 3 is 2.55 bits per heavy atom. The number of ether oxygens (including phenoxy) is 1. The van der Waals surface area contributed by atoms with Crippen LogP contribution >= 0.6 is 0 Å². The van der Waals surface area contributed by atoms with Gasteiger partial charge in [-0.3, -0.25) is 4.79 Å². The number of hydrogen-bond acceptors (Lipinski definition) is 2. The fraction of sp³-hybridized carbons (Fsp3) is 0.211. The summed E-state index contributed by atoms with van der Waals surface area (Å²) in [4.78, 5) is 15.4. The molecule has 1 heterocycles. The van der Waals surface area contributed by atoms with Gasteiger partial charge in [0.25, 0.3) is 0 Å². The van der Waals surface area contributed by atoms with E-state index in [9.17, 15) is 4.79 Å². The lowest BCUT2D eigenvalue weighted by molar-refractivity contribution is 0.392. The third-order valence-electron chi connectivity index (χ3n) is 3.29. The largest absolute Gasteiger partial charge is 0.482 e. The molecule has 0 aliphatic heterocycles. The van der Waals surface area contributed by atoms with Crippen molar-refractivity contribution in [3.63, 3.8) is 0 Å². The van der Waals surface area contributed by atoms with E-state index in [-0.39, 0.29) is 5.43 Å². The number of pyridine rings is 1. The smallest absolute Gasteiger partial charge is 0.198 e. The molecular formula is C19H21NO2. The van der Waals surface area contributed by atoms with Gasteiger partial charge >= 0.3 is 0 Å². The molecule has 0 spiro atoms. The van der Waals surface area contributed by atoms with Crippen molar-refractivity contribution in [1.82, 2.24) is 4.98 Å². The molecule has 22 heavy (non-hydrogen) atoms. The zero-order valence-electron chi connectivity index (χ0n) is 13.2. The number of hydrogen-bond donors (Lipinski definition) is 1.